The highest BCUT2D eigenvalue weighted by Crippen LogP contribution is 2.12. The van der Waals surface area contributed by atoms with Crippen LogP contribution in [0.1, 0.15) is 18.9 Å². The standard InChI is InChI=1S/C15H22N2O/c1-3-8-17(9-4-2)10-11-18-15-7-5-6-14(12-15)13-16/h1,5-7,12H,4,8-11,13,16H2,2H3. The number of nitrogens with two attached hydrogens (primary N) is 1. The second-order valence-electron chi connectivity index (χ2n) is 4.18. The van der Waals surface area contributed by atoms with Crippen molar-refractivity contribution in [3.05, 3.63) is 29.8 Å². The molecule has 1 aromatic rings. The van der Waals surface area contributed by atoms with Gasteiger partial charge in [0.2, 0.25) is 0 Å². The van der Waals surface area contributed by atoms with Gasteiger partial charge in [0.15, 0.2) is 0 Å². The molecule has 0 aliphatic rings. The first-order chi connectivity index (χ1) is 8.80. The van der Waals surface area contributed by atoms with Crippen molar-refractivity contribution in [1.82, 2.24) is 4.90 Å². The van der Waals surface area contributed by atoms with Crippen LogP contribution in [-0.2, 0) is 6.54 Å². The minimum absolute atomic E-state index is 0.538. The molecule has 0 unspecified atom stereocenters. The van der Waals surface area contributed by atoms with Crippen LogP contribution in [0.15, 0.2) is 24.3 Å². The van der Waals surface area contributed by atoms with Gasteiger partial charge in [0.1, 0.15) is 12.4 Å². The molecule has 3 nitrogen and oxygen atoms in total. The second kappa shape index (κ2) is 8.57. The molecule has 0 saturated heterocycles. The molecule has 2 N–H and O–H groups in total. The molecule has 0 saturated carbocycles. The molecule has 18 heavy (non-hydrogen) atoms. The van der Waals surface area contributed by atoms with Crippen molar-refractivity contribution in [3.8, 4) is 18.1 Å². The number of nitrogens with zero attached hydrogens (tertiary/aromatic N) is 1. The lowest BCUT2D eigenvalue weighted by molar-refractivity contribution is 0.225. The Labute approximate surface area is 110 Å². The maximum absolute atomic E-state index is 5.71. The SMILES string of the molecule is C#CCN(CCC)CCOc1cccc(CN)c1. The molecule has 0 atom stereocenters. The van der Waals surface area contributed by atoms with Crippen LogP contribution in [0, 0.1) is 12.3 Å². The number of hydrogen-bond donors (Lipinski definition) is 1. The van der Waals surface area contributed by atoms with Gasteiger partial charge in [-0.3, -0.25) is 4.90 Å². The lowest BCUT2D eigenvalue weighted by atomic mass is 10.2. The third kappa shape index (κ3) is 5.22. The maximum Gasteiger partial charge on any atom is 0.119 e. The molecule has 0 aromatic heterocycles. The quantitative estimate of drug-likeness (QED) is 0.712. The summed E-state index contributed by atoms with van der Waals surface area (Å²) in [4.78, 5) is 2.22. The van der Waals surface area contributed by atoms with Gasteiger partial charge in [-0.15, -0.1) is 6.42 Å². The predicted octanol–water partition coefficient (Wildman–Crippen LogP) is 1.87. The van der Waals surface area contributed by atoms with Crippen molar-refractivity contribution < 1.29 is 4.74 Å². The van der Waals surface area contributed by atoms with E-state index < -0.39 is 0 Å². The van der Waals surface area contributed by atoms with E-state index in [1.54, 1.807) is 0 Å². The Bertz CT molecular complexity index is 384. The van der Waals surface area contributed by atoms with Gasteiger partial charge in [-0.1, -0.05) is 25.0 Å². The van der Waals surface area contributed by atoms with Gasteiger partial charge >= 0.3 is 0 Å². The molecular weight excluding hydrogens is 224 g/mol. The van der Waals surface area contributed by atoms with Gasteiger partial charge in [0.25, 0.3) is 0 Å². The number of benzene rings is 1. The third-order valence-electron chi connectivity index (χ3n) is 2.67. The van der Waals surface area contributed by atoms with E-state index in [0.29, 0.717) is 19.7 Å². The van der Waals surface area contributed by atoms with Crippen molar-refractivity contribution in [1.29, 1.82) is 0 Å². The van der Waals surface area contributed by atoms with E-state index in [1.807, 2.05) is 24.3 Å². The lowest BCUT2D eigenvalue weighted by Crippen LogP contribution is -2.29. The van der Waals surface area contributed by atoms with Crippen LogP contribution in [0.5, 0.6) is 5.75 Å². The third-order valence-corrected chi connectivity index (χ3v) is 2.67. The first-order valence-electron chi connectivity index (χ1n) is 6.37. The molecule has 0 amide bonds. The molecule has 0 spiro atoms. The Kier molecular flexibility index (Phi) is 6.93. The predicted molar refractivity (Wildman–Crippen MR) is 75.4 cm³/mol. The minimum atomic E-state index is 0.538. The van der Waals surface area contributed by atoms with E-state index in [4.69, 9.17) is 16.9 Å². The highest BCUT2D eigenvalue weighted by atomic mass is 16.5. The van der Waals surface area contributed by atoms with Gasteiger partial charge in [-0.2, -0.15) is 0 Å². The Hall–Kier alpha value is -1.50. The fraction of sp³-hybridized carbons (Fsp3) is 0.467. The average molecular weight is 246 g/mol. The number of hydrogen-bond acceptors (Lipinski definition) is 3. The molecule has 3 heteroatoms. The van der Waals surface area contributed by atoms with Crippen molar-refractivity contribution in [3.63, 3.8) is 0 Å². The molecule has 1 rings (SSSR count). The van der Waals surface area contributed by atoms with Gasteiger partial charge in [-0.25, -0.2) is 0 Å². The van der Waals surface area contributed by atoms with Gasteiger partial charge in [-0.05, 0) is 30.7 Å². The fourth-order valence-electron chi connectivity index (χ4n) is 1.77. The van der Waals surface area contributed by atoms with Crippen LogP contribution in [0.3, 0.4) is 0 Å². The van der Waals surface area contributed by atoms with Crippen LogP contribution in [0.25, 0.3) is 0 Å². The van der Waals surface area contributed by atoms with E-state index in [9.17, 15) is 0 Å². The summed E-state index contributed by atoms with van der Waals surface area (Å²) in [5, 5.41) is 0. The molecule has 98 valence electrons. The van der Waals surface area contributed by atoms with Crippen LogP contribution in [-0.4, -0.2) is 31.1 Å². The largest absolute Gasteiger partial charge is 0.492 e. The summed E-state index contributed by atoms with van der Waals surface area (Å²) >= 11 is 0. The molecule has 0 radical (unpaired) electrons. The van der Waals surface area contributed by atoms with Crippen molar-refractivity contribution in [2.24, 2.45) is 5.73 Å². The Morgan fingerprint density at radius 3 is 2.89 bits per heavy atom. The molecule has 0 aliphatic carbocycles. The fourth-order valence-corrected chi connectivity index (χ4v) is 1.77. The Morgan fingerprint density at radius 2 is 2.22 bits per heavy atom. The summed E-state index contributed by atoms with van der Waals surface area (Å²) in [7, 11) is 0. The number of ether oxygens (including phenoxy) is 1. The Morgan fingerprint density at radius 1 is 1.39 bits per heavy atom. The normalized spacial score (nSPS) is 10.3. The van der Waals surface area contributed by atoms with Gasteiger partial charge in [0, 0.05) is 13.1 Å². The zero-order valence-corrected chi connectivity index (χ0v) is 11.1. The molecule has 0 fully saturated rings. The molecule has 1 aromatic carbocycles. The monoisotopic (exact) mass is 246 g/mol. The van der Waals surface area contributed by atoms with E-state index in [1.165, 1.54) is 0 Å². The van der Waals surface area contributed by atoms with E-state index in [0.717, 1.165) is 30.8 Å². The zero-order chi connectivity index (χ0) is 13.2. The number of terminal acetylenes is 1. The highest BCUT2D eigenvalue weighted by Gasteiger charge is 2.02. The summed E-state index contributed by atoms with van der Waals surface area (Å²) in [6, 6.07) is 7.88. The molecular formula is C15H22N2O. The molecule has 0 aliphatic heterocycles. The summed E-state index contributed by atoms with van der Waals surface area (Å²) < 4.78 is 5.71. The Balaban J connectivity index is 2.37. The van der Waals surface area contributed by atoms with E-state index in [-0.39, 0.29) is 0 Å². The van der Waals surface area contributed by atoms with Crippen LogP contribution >= 0.6 is 0 Å². The lowest BCUT2D eigenvalue weighted by Gasteiger charge is -2.19. The molecule has 0 bridgehead atoms. The number of rotatable bonds is 8. The van der Waals surface area contributed by atoms with E-state index in [2.05, 4.69) is 17.7 Å². The van der Waals surface area contributed by atoms with Crippen LogP contribution in [0.4, 0.5) is 0 Å². The zero-order valence-electron chi connectivity index (χ0n) is 11.1. The maximum atomic E-state index is 5.71. The van der Waals surface area contributed by atoms with Gasteiger partial charge in [0.05, 0.1) is 6.54 Å². The highest BCUT2D eigenvalue weighted by molar-refractivity contribution is 5.28. The molecule has 0 heterocycles. The first kappa shape index (κ1) is 14.6. The summed E-state index contributed by atoms with van der Waals surface area (Å²) in [6.45, 7) is 5.88. The topological polar surface area (TPSA) is 38.5 Å². The minimum Gasteiger partial charge on any atom is -0.492 e. The smallest absolute Gasteiger partial charge is 0.119 e. The van der Waals surface area contributed by atoms with Crippen LogP contribution < -0.4 is 10.5 Å². The first-order valence-corrected chi connectivity index (χ1v) is 6.37. The summed E-state index contributed by atoms with van der Waals surface area (Å²) in [5.74, 6) is 3.54. The second-order valence-corrected chi connectivity index (χ2v) is 4.18. The average Bonchev–Trinajstić information content (AvgIpc) is 2.39. The van der Waals surface area contributed by atoms with Crippen molar-refractivity contribution >= 4 is 0 Å². The summed E-state index contributed by atoms with van der Waals surface area (Å²) in [5.41, 5.74) is 6.67. The van der Waals surface area contributed by atoms with E-state index >= 15 is 0 Å². The summed E-state index contributed by atoms with van der Waals surface area (Å²) in [6.07, 6.45) is 6.44. The van der Waals surface area contributed by atoms with Crippen molar-refractivity contribution in [2.45, 2.75) is 19.9 Å². The van der Waals surface area contributed by atoms with Crippen molar-refractivity contribution in [2.75, 3.05) is 26.2 Å². The van der Waals surface area contributed by atoms with Crippen LogP contribution in [0.2, 0.25) is 0 Å². The van der Waals surface area contributed by atoms with Gasteiger partial charge < -0.3 is 10.5 Å².